The highest BCUT2D eigenvalue weighted by atomic mass is 32.2. The van der Waals surface area contributed by atoms with Gasteiger partial charge in [-0.05, 0) is 20.8 Å². The lowest BCUT2D eigenvalue weighted by atomic mass is 10.3. The zero-order valence-corrected chi connectivity index (χ0v) is 9.89. The highest BCUT2D eigenvalue weighted by molar-refractivity contribution is 7.90. The smallest absolute Gasteiger partial charge is 0.216 e. The fourth-order valence-electron chi connectivity index (χ4n) is 0.674. The Balaban J connectivity index is 4.14. The Morgan fingerprint density at radius 1 is 1.43 bits per heavy atom. The Morgan fingerprint density at radius 3 is 2.29 bits per heavy atom. The van der Waals surface area contributed by atoms with Crippen LogP contribution in [0.25, 0.3) is 0 Å². The van der Waals surface area contributed by atoms with Crippen LogP contribution in [-0.4, -0.2) is 44.6 Å². The van der Waals surface area contributed by atoms with E-state index in [9.17, 15) is 13.5 Å². The van der Waals surface area contributed by atoms with Crippen LogP contribution in [-0.2, 0) is 14.8 Å². The Hall–Kier alpha value is -0.170. The van der Waals surface area contributed by atoms with Crippen LogP contribution in [0.2, 0.25) is 0 Å². The predicted octanol–water partition coefficient (Wildman–Crippen LogP) is -0.288. The van der Waals surface area contributed by atoms with Crippen molar-refractivity contribution in [1.82, 2.24) is 4.72 Å². The van der Waals surface area contributed by atoms with E-state index in [0.717, 1.165) is 0 Å². The van der Waals surface area contributed by atoms with Crippen molar-refractivity contribution in [3.8, 4) is 0 Å². The van der Waals surface area contributed by atoms with Gasteiger partial charge in [-0.3, -0.25) is 0 Å². The van der Waals surface area contributed by atoms with Crippen molar-refractivity contribution in [1.29, 1.82) is 0 Å². The van der Waals surface area contributed by atoms with Gasteiger partial charge < -0.3 is 9.84 Å². The van der Waals surface area contributed by atoms with Crippen molar-refractivity contribution in [3.63, 3.8) is 0 Å². The molecule has 86 valence electrons. The minimum atomic E-state index is -3.38. The number of ether oxygens (including phenoxy) is 1. The highest BCUT2D eigenvalue weighted by Crippen LogP contribution is 2.12. The molecule has 0 saturated heterocycles. The summed E-state index contributed by atoms with van der Waals surface area (Å²) in [5.74, 6) is 0. The second kappa shape index (κ2) is 5.06. The molecular weight excluding hydrogens is 206 g/mol. The number of nitrogens with one attached hydrogen (secondary N) is 1. The van der Waals surface area contributed by atoms with Crippen LogP contribution < -0.4 is 4.72 Å². The molecule has 1 atom stereocenters. The molecular formula is C8H19NO4S. The van der Waals surface area contributed by atoms with E-state index in [1.54, 1.807) is 20.8 Å². The molecule has 0 bridgehead atoms. The van der Waals surface area contributed by atoms with Gasteiger partial charge in [-0.1, -0.05) is 0 Å². The molecule has 0 amide bonds. The van der Waals surface area contributed by atoms with Crippen molar-refractivity contribution >= 4 is 10.0 Å². The van der Waals surface area contributed by atoms with Crippen LogP contribution in [0.4, 0.5) is 0 Å². The standard InChI is InChI=1S/C8H19NO4S/c1-8(2,3)14(11,12)9-5-7(10)6-13-4/h7,9-10H,5-6H2,1-4H3. The van der Waals surface area contributed by atoms with Gasteiger partial charge >= 0.3 is 0 Å². The Labute approximate surface area is 85.5 Å². The van der Waals surface area contributed by atoms with E-state index in [2.05, 4.69) is 9.46 Å². The van der Waals surface area contributed by atoms with Crippen LogP contribution in [0.3, 0.4) is 0 Å². The first-order chi connectivity index (χ1) is 6.20. The van der Waals surface area contributed by atoms with E-state index >= 15 is 0 Å². The fraction of sp³-hybridized carbons (Fsp3) is 1.00. The third kappa shape index (κ3) is 4.36. The molecule has 0 aliphatic rings. The lowest BCUT2D eigenvalue weighted by molar-refractivity contribution is 0.0678. The maximum atomic E-state index is 11.5. The zero-order valence-electron chi connectivity index (χ0n) is 9.07. The maximum Gasteiger partial charge on any atom is 0.216 e. The van der Waals surface area contributed by atoms with Crippen LogP contribution in [0, 0.1) is 0 Å². The summed E-state index contributed by atoms with van der Waals surface area (Å²) in [5, 5.41) is 9.23. The molecule has 0 fully saturated rings. The summed E-state index contributed by atoms with van der Waals surface area (Å²) in [4.78, 5) is 0. The summed E-state index contributed by atoms with van der Waals surface area (Å²) < 4.78 is 29.1. The number of rotatable bonds is 5. The van der Waals surface area contributed by atoms with Crippen molar-refractivity contribution in [2.45, 2.75) is 31.6 Å². The topological polar surface area (TPSA) is 75.6 Å². The molecule has 0 aromatic rings. The monoisotopic (exact) mass is 225 g/mol. The van der Waals surface area contributed by atoms with E-state index in [1.807, 2.05) is 0 Å². The summed E-state index contributed by atoms with van der Waals surface area (Å²) in [6, 6.07) is 0. The molecule has 5 nitrogen and oxygen atoms in total. The van der Waals surface area contributed by atoms with Gasteiger partial charge in [0.15, 0.2) is 0 Å². The number of methoxy groups -OCH3 is 1. The van der Waals surface area contributed by atoms with Gasteiger partial charge in [-0.15, -0.1) is 0 Å². The first-order valence-corrected chi connectivity index (χ1v) is 5.85. The first-order valence-electron chi connectivity index (χ1n) is 4.37. The summed E-state index contributed by atoms with van der Waals surface area (Å²) in [7, 11) is -1.93. The number of sulfonamides is 1. The molecule has 1 unspecified atom stereocenters. The molecule has 0 radical (unpaired) electrons. The van der Waals surface area contributed by atoms with Gasteiger partial charge in [0.05, 0.1) is 17.5 Å². The van der Waals surface area contributed by atoms with E-state index in [1.165, 1.54) is 7.11 Å². The van der Waals surface area contributed by atoms with E-state index in [4.69, 9.17) is 0 Å². The molecule has 0 rings (SSSR count). The molecule has 0 saturated carbocycles. The fourth-order valence-corrected chi connectivity index (χ4v) is 1.52. The van der Waals surface area contributed by atoms with Gasteiger partial charge in [0, 0.05) is 13.7 Å². The number of hydrogen-bond donors (Lipinski definition) is 2. The molecule has 0 aliphatic heterocycles. The normalized spacial score (nSPS) is 15.5. The number of aliphatic hydroxyl groups excluding tert-OH is 1. The van der Waals surface area contributed by atoms with Crippen molar-refractivity contribution < 1.29 is 18.3 Å². The zero-order chi connectivity index (χ0) is 11.4. The summed E-state index contributed by atoms with van der Waals surface area (Å²) in [6.45, 7) is 4.88. The quantitative estimate of drug-likeness (QED) is 0.674. The molecule has 0 aliphatic carbocycles. The molecule has 0 heterocycles. The lowest BCUT2D eigenvalue weighted by Gasteiger charge is -2.20. The molecule has 0 aromatic heterocycles. The molecule has 6 heteroatoms. The molecule has 0 spiro atoms. The van der Waals surface area contributed by atoms with Crippen LogP contribution in [0.15, 0.2) is 0 Å². The number of aliphatic hydroxyl groups is 1. The average molecular weight is 225 g/mol. The predicted molar refractivity (Wildman–Crippen MR) is 54.6 cm³/mol. The minimum Gasteiger partial charge on any atom is -0.389 e. The minimum absolute atomic E-state index is 0.0204. The van der Waals surface area contributed by atoms with E-state index < -0.39 is 20.9 Å². The first kappa shape index (κ1) is 13.8. The van der Waals surface area contributed by atoms with E-state index in [-0.39, 0.29) is 13.2 Å². The van der Waals surface area contributed by atoms with Crippen LogP contribution >= 0.6 is 0 Å². The Morgan fingerprint density at radius 2 is 1.93 bits per heavy atom. The molecule has 14 heavy (non-hydrogen) atoms. The van der Waals surface area contributed by atoms with Crippen LogP contribution in [0.1, 0.15) is 20.8 Å². The van der Waals surface area contributed by atoms with Gasteiger partial charge in [-0.2, -0.15) is 0 Å². The summed E-state index contributed by atoms with van der Waals surface area (Å²) in [6.07, 6.45) is -0.808. The summed E-state index contributed by atoms with van der Waals surface area (Å²) >= 11 is 0. The van der Waals surface area contributed by atoms with Crippen molar-refractivity contribution in [2.24, 2.45) is 0 Å². The Bertz CT molecular complexity index is 255. The van der Waals surface area contributed by atoms with Crippen molar-refractivity contribution in [2.75, 3.05) is 20.3 Å². The Kier molecular flexibility index (Phi) is 5.00. The number of hydrogen-bond acceptors (Lipinski definition) is 4. The van der Waals surface area contributed by atoms with Gasteiger partial charge in [0.2, 0.25) is 10.0 Å². The largest absolute Gasteiger partial charge is 0.389 e. The second-order valence-electron chi connectivity index (χ2n) is 4.07. The molecule has 0 aromatic carbocycles. The summed E-state index contributed by atoms with van der Waals surface area (Å²) in [5.41, 5.74) is 0. The third-order valence-corrected chi connectivity index (χ3v) is 3.83. The van der Waals surface area contributed by atoms with E-state index in [0.29, 0.717) is 0 Å². The molecule has 2 N–H and O–H groups in total. The van der Waals surface area contributed by atoms with Gasteiger partial charge in [-0.25, -0.2) is 13.1 Å². The van der Waals surface area contributed by atoms with Gasteiger partial charge in [0.25, 0.3) is 0 Å². The van der Waals surface area contributed by atoms with Gasteiger partial charge in [0.1, 0.15) is 0 Å². The maximum absolute atomic E-state index is 11.5. The SMILES string of the molecule is COCC(O)CNS(=O)(=O)C(C)(C)C. The van der Waals surface area contributed by atoms with Crippen LogP contribution in [0.5, 0.6) is 0 Å². The highest BCUT2D eigenvalue weighted by Gasteiger charge is 2.28. The average Bonchev–Trinajstić information content (AvgIpc) is 1.99. The third-order valence-electron chi connectivity index (χ3n) is 1.67. The van der Waals surface area contributed by atoms with Crippen molar-refractivity contribution in [3.05, 3.63) is 0 Å². The second-order valence-corrected chi connectivity index (χ2v) is 6.59. The lowest BCUT2D eigenvalue weighted by Crippen LogP contribution is -2.43.